The minimum Gasteiger partial charge on any atom is -0.497 e. The van der Waals surface area contributed by atoms with Gasteiger partial charge in [-0.25, -0.2) is 4.68 Å². The van der Waals surface area contributed by atoms with Gasteiger partial charge >= 0.3 is 0 Å². The van der Waals surface area contributed by atoms with Crippen LogP contribution in [0.1, 0.15) is 18.4 Å². The van der Waals surface area contributed by atoms with E-state index < -0.39 is 6.10 Å². The lowest BCUT2D eigenvalue weighted by Crippen LogP contribution is -2.36. The van der Waals surface area contributed by atoms with Crippen molar-refractivity contribution in [3.63, 3.8) is 0 Å². The molecule has 1 atom stereocenters. The second-order valence-corrected chi connectivity index (χ2v) is 8.91. The molecule has 2 aromatic carbocycles. The van der Waals surface area contributed by atoms with E-state index in [0.717, 1.165) is 29.1 Å². The summed E-state index contributed by atoms with van der Waals surface area (Å²) in [5, 5.41) is 15.4. The Labute approximate surface area is 207 Å². The van der Waals surface area contributed by atoms with Crippen LogP contribution in [0.3, 0.4) is 0 Å². The molecule has 0 aliphatic heterocycles. The average molecular weight is 476 g/mol. The Morgan fingerprint density at radius 1 is 1.17 bits per heavy atom. The van der Waals surface area contributed by atoms with Crippen molar-refractivity contribution in [3.05, 3.63) is 60.2 Å². The Kier molecular flexibility index (Phi) is 8.43. The molecule has 7 heteroatoms. The molecular weight excluding hydrogens is 442 g/mol. The Bertz CT molecular complexity index is 1130. The first kappa shape index (κ1) is 24.8. The Balaban J connectivity index is 1.64. The van der Waals surface area contributed by atoms with E-state index in [-0.39, 0.29) is 13.2 Å². The molecule has 1 aliphatic rings. The summed E-state index contributed by atoms with van der Waals surface area (Å²) in [6.45, 7) is 2.35. The Morgan fingerprint density at radius 3 is 2.66 bits per heavy atom. The van der Waals surface area contributed by atoms with Crippen LogP contribution in [0.25, 0.3) is 11.3 Å². The number of aromatic nitrogens is 2. The number of aliphatic hydroxyl groups excluding tert-OH is 1. The maximum Gasteiger partial charge on any atom is 0.222 e. The molecule has 4 rings (SSSR count). The third kappa shape index (κ3) is 6.86. The molecule has 1 aromatic heterocycles. The number of nitrogens with zero attached hydrogens (tertiary/aromatic N) is 3. The minimum atomic E-state index is -0.637. The number of ether oxygens (including phenoxy) is 3. The molecule has 0 bridgehead atoms. The van der Waals surface area contributed by atoms with Gasteiger partial charge in [0, 0.05) is 38.3 Å². The first-order valence-corrected chi connectivity index (χ1v) is 11.9. The third-order valence-electron chi connectivity index (χ3n) is 5.95. The smallest absolute Gasteiger partial charge is 0.222 e. The summed E-state index contributed by atoms with van der Waals surface area (Å²) >= 11 is 0. The monoisotopic (exact) mass is 475 g/mol. The summed E-state index contributed by atoms with van der Waals surface area (Å²) in [5.74, 6) is 5.14. The van der Waals surface area contributed by atoms with Crippen LogP contribution in [-0.4, -0.2) is 59.3 Å². The van der Waals surface area contributed by atoms with Crippen molar-refractivity contribution in [3.8, 4) is 41.0 Å². The van der Waals surface area contributed by atoms with Crippen molar-refractivity contribution in [2.75, 3.05) is 33.4 Å². The van der Waals surface area contributed by atoms with Crippen molar-refractivity contribution in [1.29, 1.82) is 0 Å². The molecular formula is C28H33N3O4. The van der Waals surface area contributed by atoms with Gasteiger partial charge < -0.3 is 19.3 Å². The van der Waals surface area contributed by atoms with Gasteiger partial charge in [-0.3, -0.25) is 4.90 Å². The van der Waals surface area contributed by atoms with Crippen molar-refractivity contribution < 1.29 is 19.3 Å². The molecule has 35 heavy (non-hydrogen) atoms. The van der Waals surface area contributed by atoms with Gasteiger partial charge in [-0.1, -0.05) is 42.3 Å². The minimum absolute atomic E-state index is 0.193. The van der Waals surface area contributed by atoms with E-state index in [0.29, 0.717) is 30.6 Å². The molecule has 184 valence electrons. The van der Waals surface area contributed by atoms with Crippen LogP contribution in [0.4, 0.5) is 0 Å². The van der Waals surface area contributed by atoms with E-state index in [1.54, 1.807) is 11.8 Å². The van der Waals surface area contributed by atoms with Crippen molar-refractivity contribution in [1.82, 2.24) is 14.7 Å². The zero-order chi connectivity index (χ0) is 24.6. The molecule has 1 saturated carbocycles. The highest BCUT2D eigenvalue weighted by molar-refractivity contribution is 5.65. The summed E-state index contributed by atoms with van der Waals surface area (Å²) in [6.07, 6.45) is 7.06. The lowest BCUT2D eigenvalue weighted by molar-refractivity contribution is 0.0250. The molecule has 1 heterocycles. The maximum atomic E-state index is 10.6. The van der Waals surface area contributed by atoms with Crippen molar-refractivity contribution in [2.45, 2.75) is 25.5 Å². The second kappa shape index (κ2) is 11.9. The average Bonchev–Trinajstić information content (AvgIpc) is 3.64. The van der Waals surface area contributed by atoms with Crippen LogP contribution in [0.15, 0.2) is 54.6 Å². The first-order valence-electron chi connectivity index (χ1n) is 11.9. The zero-order valence-electron chi connectivity index (χ0n) is 20.4. The number of aliphatic hydroxyl groups is 1. The Hall–Kier alpha value is -3.31. The summed E-state index contributed by atoms with van der Waals surface area (Å²) in [6, 6.07) is 17.6. The number of hydrogen-bond acceptors (Lipinski definition) is 6. The fourth-order valence-electron chi connectivity index (χ4n) is 4.12. The first-order chi connectivity index (χ1) is 17.1. The standard InChI is InChI=1S/C28H33N3O4/c1-4-15-34-20-23(32)18-31(17-21-13-14-21)19-26-27(22-9-6-5-7-10-22)29-30(2)28(26)35-25-12-8-11-24(16-25)33-3/h1,5-12,16,21,23,32H,13-15,17-20H2,2-3H3. The maximum absolute atomic E-state index is 10.6. The predicted molar refractivity (Wildman–Crippen MR) is 135 cm³/mol. The molecule has 1 aliphatic carbocycles. The molecule has 1 fully saturated rings. The van der Waals surface area contributed by atoms with Crippen LogP contribution in [0.5, 0.6) is 17.4 Å². The van der Waals surface area contributed by atoms with Crippen LogP contribution in [-0.2, 0) is 18.3 Å². The number of terminal acetylenes is 1. The number of benzene rings is 2. The molecule has 0 spiro atoms. The molecule has 0 radical (unpaired) electrons. The molecule has 0 saturated heterocycles. The lowest BCUT2D eigenvalue weighted by Gasteiger charge is -2.25. The fraction of sp³-hybridized carbons (Fsp3) is 0.393. The van der Waals surface area contributed by atoms with E-state index in [9.17, 15) is 5.11 Å². The Morgan fingerprint density at radius 2 is 1.94 bits per heavy atom. The molecule has 1 unspecified atom stereocenters. The number of hydrogen-bond donors (Lipinski definition) is 1. The van der Waals surface area contributed by atoms with E-state index in [4.69, 9.17) is 25.7 Å². The van der Waals surface area contributed by atoms with Crippen LogP contribution in [0.2, 0.25) is 0 Å². The number of rotatable bonds is 13. The van der Waals surface area contributed by atoms with Gasteiger partial charge in [0.1, 0.15) is 23.8 Å². The van der Waals surface area contributed by atoms with Gasteiger partial charge in [-0.2, -0.15) is 5.10 Å². The van der Waals surface area contributed by atoms with E-state index in [2.05, 4.69) is 23.0 Å². The number of aryl methyl sites for hydroxylation is 1. The molecule has 3 aromatic rings. The van der Waals surface area contributed by atoms with Gasteiger partial charge in [0.2, 0.25) is 5.88 Å². The summed E-state index contributed by atoms with van der Waals surface area (Å²) in [7, 11) is 3.52. The quantitative estimate of drug-likeness (QED) is 0.296. The van der Waals surface area contributed by atoms with Gasteiger partial charge in [0.15, 0.2) is 0 Å². The van der Waals surface area contributed by atoms with E-state index in [1.165, 1.54) is 12.8 Å². The van der Waals surface area contributed by atoms with Crippen LogP contribution >= 0.6 is 0 Å². The summed E-state index contributed by atoms with van der Waals surface area (Å²) < 4.78 is 18.9. The van der Waals surface area contributed by atoms with Crippen LogP contribution in [0, 0.1) is 18.3 Å². The van der Waals surface area contributed by atoms with Crippen LogP contribution < -0.4 is 9.47 Å². The van der Waals surface area contributed by atoms with Crippen molar-refractivity contribution in [2.24, 2.45) is 13.0 Å². The highest BCUT2D eigenvalue weighted by atomic mass is 16.5. The molecule has 7 nitrogen and oxygen atoms in total. The van der Waals surface area contributed by atoms with E-state index in [1.807, 2.05) is 49.5 Å². The van der Waals surface area contributed by atoms with Gasteiger partial charge in [-0.15, -0.1) is 6.42 Å². The van der Waals surface area contributed by atoms with Gasteiger partial charge in [-0.05, 0) is 30.9 Å². The lowest BCUT2D eigenvalue weighted by atomic mass is 10.1. The third-order valence-corrected chi connectivity index (χ3v) is 5.95. The number of methoxy groups -OCH3 is 1. The zero-order valence-corrected chi connectivity index (χ0v) is 20.4. The fourth-order valence-corrected chi connectivity index (χ4v) is 4.12. The van der Waals surface area contributed by atoms with E-state index >= 15 is 0 Å². The largest absolute Gasteiger partial charge is 0.497 e. The molecule has 0 amide bonds. The van der Waals surface area contributed by atoms with Gasteiger partial charge in [0.05, 0.1) is 25.4 Å². The normalized spacial score (nSPS) is 14.0. The molecule has 1 N–H and O–H groups in total. The highest BCUT2D eigenvalue weighted by Gasteiger charge is 2.28. The van der Waals surface area contributed by atoms with Crippen molar-refractivity contribution >= 4 is 0 Å². The highest BCUT2D eigenvalue weighted by Crippen LogP contribution is 2.36. The summed E-state index contributed by atoms with van der Waals surface area (Å²) in [5.41, 5.74) is 2.85. The van der Waals surface area contributed by atoms with Gasteiger partial charge in [0.25, 0.3) is 0 Å². The predicted octanol–water partition coefficient (Wildman–Crippen LogP) is 4.11. The second-order valence-electron chi connectivity index (χ2n) is 8.91. The SMILES string of the molecule is C#CCOCC(O)CN(Cc1c(-c2ccccc2)nn(C)c1Oc1cccc(OC)c1)CC1CC1. The summed E-state index contributed by atoms with van der Waals surface area (Å²) in [4.78, 5) is 2.27. The topological polar surface area (TPSA) is 69.0 Å².